The van der Waals surface area contributed by atoms with E-state index in [2.05, 4.69) is 0 Å². The molecule has 3 aromatic rings. The molecular formula is C27H28ClFN2O4. The molecule has 1 aromatic heterocycles. The molecule has 0 spiro atoms. The Morgan fingerprint density at radius 1 is 1.17 bits per heavy atom. The number of hydrogen-bond acceptors (Lipinski definition) is 4. The molecule has 6 nitrogen and oxygen atoms in total. The third kappa shape index (κ3) is 6.36. The van der Waals surface area contributed by atoms with Crippen LogP contribution in [0, 0.1) is 5.82 Å². The first kappa shape index (κ1) is 25.1. The van der Waals surface area contributed by atoms with Crippen molar-refractivity contribution in [2.24, 2.45) is 0 Å². The van der Waals surface area contributed by atoms with Gasteiger partial charge in [-0.2, -0.15) is 5.10 Å². The van der Waals surface area contributed by atoms with Crippen molar-refractivity contribution in [1.29, 1.82) is 0 Å². The van der Waals surface area contributed by atoms with E-state index in [-0.39, 0.29) is 18.2 Å². The Morgan fingerprint density at radius 3 is 2.57 bits per heavy atom. The summed E-state index contributed by atoms with van der Waals surface area (Å²) < 4.78 is 15.3. The Balaban J connectivity index is 1.66. The minimum atomic E-state index is -1.15. The van der Waals surface area contributed by atoms with Crippen molar-refractivity contribution in [3.05, 3.63) is 88.0 Å². The number of aliphatic hydroxyl groups is 2. The Kier molecular flexibility index (Phi) is 8.00. The summed E-state index contributed by atoms with van der Waals surface area (Å²) in [7, 11) is 0. The van der Waals surface area contributed by atoms with Crippen LogP contribution in [-0.4, -0.2) is 43.3 Å². The molecule has 1 aliphatic carbocycles. The van der Waals surface area contributed by atoms with E-state index in [1.807, 2.05) is 24.3 Å². The summed E-state index contributed by atoms with van der Waals surface area (Å²) in [5, 5.41) is 34.7. The smallest absolute Gasteiger partial charge is 0.305 e. The lowest BCUT2D eigenvalue weighted by Crippen LogP contribution is -2.19. The number of aliphatic hydroxyl groups excluding tert-OH is 2. The van der Waals surface area contributed by atoms with Crippen LogP contribution in [0.3, 0.4) is 0 Å². The number of hydrogen-bond donors (Lipinski definition) is 3. The normalized spacial score (nSPS) is 17.3. The fraction of sp³-hybridized carbons (Fsp3) is 0.333. The number of carboxylic acids is 1. The number of carboxylic acid groups (broad SMARTS) is 1. The highest BCUT2D eigenvalue weighted by atomic mass is 35.5. The van der Waals surface area contributed by atoms with Gasteiger partial charge in [-0.05, 0) is 73.7 Å². The van der Waals surface area contributed by atoms with Gasteiger partial charge in [-0.15, -0.1) is 0 Å². The largest absolute Gasteiger partial charge is 0.481 e. The molecule has 1 unspecified atom stereocenters. The zero-order chi connectivity index (χ0) is 24.9. The number of aliphatic carboxylic acids is 1. The standard InChI is InChI=1S/C27H28ClFN2O4/c28-19-6-4-17(5-7-19)14-18-2-1-3-24-25(13-12-22(32)15-23(33)16-26(34)35)31(30-27(18)24)21-10-8-20(29)9-11-21/h4-13,18,22-23,32-33H,1-3,14-16H2,(H,34,35)/b13-12+/t18?,22-,23-/m0/s1. The lowest BCUT2D eigenvalue weighted by molar-refractivity contribution is -0.139. The first-order valence-corrected chi connectivity index (χ1v) is 12.1. The molecule has 35 heavy (non-hydrogen) atoms. The molecule has 0 bridgehead atoms. The first-order valence-electron chi connectivity index (χ1n) is 11.7. The highest BCUT2D eigenvalue weighted by Gasteiger charge is 2.28. The van der Waals surface area contributed by atoms with Crippen LogP contribution < -0.4 is 0 Å². The molecule has 0 saturated heterocycles. The number of rotatable bonds is 9. The van der Waals surface area contributed by atoms with Crippen LogP contribution in [-0.2, 0) is 17.6 Å². The molecule has 184 valence electrons. The van der Waals surface area contributed by atoms with Crippen LogP contribution in [0.15, 0.2) is 54.6 Å². The minimum absolute atomic E-state index is 0.0884. The van der Waals surface area contributed by atoms with Gasteiger partial charge in [0.15, 0.2) is 0 Å². The van der Waals surface area contributed by atoms with Crippen LogP contribution in [0.5, 0.6) is 0 Å². The van der Waals surface area contributed by atoms with Gasteiger partial charge in [0.25, 0.3) is 0 Å². The zero-order valence-electron chi connectivity index (χ0n) is 19.1. The molecule has 3 atom stereocenters. The van der Waals surface area contributed by atoms with Gasteiger partial charge in [-0.1, -0.05) is 29.8 Å². The fourth-order valence-electron chi connectivity index (χ4n) is 4.63. The third-order valence-electron chi connectivity index (χ3n) is 6.29. The lowest BCUT2D eigenvalue weighted by Gasteiger charge is -2.21. The summed E-state index contributed by atoms with van der Waals surface area (Å²) in [6, 6.07) is 13.9. The highest BCUT2D eigenvalue weighted by molar-refractivity contribution is 6.30. The van der Waals surface area contributed by atoms with Gasteiger partial charge in [0, 0.05) is 22.9 Å². The molecule has 0 saturated carbocycles. The monoisotopic (exact) mass is 498 g/mol. The van der Waals surface area contributed by atoms with Crippen molar-refractivity contribution < 1.29 is 24.5 Å². The maximum Gasteiger partial charge on any atom is 0.305 e. The molecule has 0 fully saturated rings. The van der Waals surface area contributed by atoms with E-state index in [1.165, 1.54) is 17.7 Å². The number of benzene rings is 2. The summed E-state index contributed by atoms with van der Waals surface area (Å²) in [6.07, 6.45) is 4.24. The molecule has 2 aromatic carbocycles. The molecule has 0 aliphatic heterocycles. The average molecular weight is 499 g/mol. The molecule has 0 radical (unpaired) electrons. The van der Waals surface area contributed by atoms with Gasteiger partial charge >= 0.3 is 5.97 Å². The van der Waals surface area contributed by atoms with E-state index in [4.69, 9.17) is 21.8 Å². The summed E-state index contributed by atoms with van der Waals surface area (Å²) in [5.74, 6) is -1.26. The maximum absolute atomic E-state index is 13.6. The van der Waals surface area contributed by atoms with E-state index in [0.717, 1.165) is 42.6 Å². The minimum Gasteiger partial charge on any atom is -0.481 e. The average Bonchev–Trinajstić information content (AvgIpc) is 3.18. The van der Waals surface area contributed by atoms with Crippen LogP contribution in [0.4, 0.5) is 4.39 Å². The van der Waals surface area contributed by atoms with E-state index >= 15 is 0 Å². The summed E-state index contributed by atoms with van der Waals surface area (Å²) in [6.45, 7) is 0. The van der Waals surface area contributed by atoms with Crippen LogP contribution in [0.1, 0.15) is 54.1 Å². The third-order valence-corrected chi connectivity index (χ3v) is 6.54. The van der Waals surface area contributed by atoms with Crippen molar-refractivity contribution in [3.8, 4) is 5.69 Å². The first-order chi connectivity index (χ1) is 16.8. The van der Waals surface area contributed by atoms with Crippen LogP contribution in [0.25, 0.3) is 11.8 Å². The van der Waals surface area contributed by atoms with E-state index in [0.29, 0.717) is 10.7 Å². The van der Waals surface area contributed by atoms with Gasteiger partial charge in [0.1, 0.15) is 5.82 Å². The summed E-state index contributed by atoms with van der Waals surface area (Å²) >= 11 is 6.04. The van der Waals surface area contributed by atoms with Crippen molar-refractivity contribution in [1.82, 2.24) is 9.78 Å². The molecule has 4 rings (SSSR count). The highest BCUT2D eigenvalue weighted by Crippen LogP contribution is 2.37. The molecule has 1 heterocycles. The Labute approximate surface area is 208 Å². The van der Waals surface area contributed by atoms with E-state index in [1.54, 1.807) is 29.0 Å². The van der Waals surface area contributed by atoms with Gasteiger partial charge in [-0.25, -0.2) is 9.07 Å². The predicted octanol–water partition coefficient (Wildman–Crippen LogP) is 4.93. The van der Waals surface area contributed by atoms with Gasteiger partial charge < -0.3 is 15.3 Å². The summed E-state index contributed by atoms with van der Waals surface area (Å²) in [5.41, 5.74) is 4.72. The van der Waals surface area contributed by atoms with Gasteiger partial charge in [0.05, 0.1) is 35.7 Å². The summed E-state index contributed by atoms with van der Waals surface area (Å²) in [4.78, 5) is 10.8. The number of carbonyl (C=O) groups is 1. The van der Waals surface area contributed by atoms with Gasteiger partial charge in [0.2, 0.25) is 0 Å². The fourth-order valence-corrected chi connectivity index (χ4v) is 4.75. The maximum atomic E-state index is 13.6. The number of nitrogens with zero attached hydrogens (tertiary/aromatic N) is 2. The van der Waals surface area contributed by atoms with Gasteiger partial charge in [-0.3, -0.25) is 4.79 Å². The Morgan fingerprint density at radius 2 is 1.89 bits per heavy atom. The SMILES string of the molecule is O=C(O)C[C@@H](O)C[C@@H](O)/C=C/c1c2c(nn1-c1ccc(F)cc1)C(Cc1ccc(Cl)cc1)CCC2. The predicted molar refractivity (Wildman–Crippen MR) is 132 cm³/mol. The van der Waals surface area contributed by atoms with E-state index in [9.17, 15) is 19.4 Å². The molecule has 3 N–H and O–H groups in total. The van der Waals surface area contributed by atoms with Crippen LogP contribution in [0.2, 0.25) is 5.02 Å². The topological polar surface area (TPSA) is 95.6 Å². The lowest BCUT2D eigenvalue weighted by atomic mass is 9.83. The molecular weight excluding hydrogens is 471 g/mol. The number of halogens is 2. The second-order valence-corrected chi connectivity index (χ2v) is 9.41. The second-order valence-electron chi connectivity index (χ2n) is 8.97. The number of aromatic nitrogens is 2. The number of fused-ring (bicyclic) bond motifs is 1. The van der Waals surface area contributed by atoms with Crippen molar-refractivity contribution in [2.75, 3.05) is 0 Å². The Bertz CT molecular complexity index is 1190. The van der Waals surface area contributed by atoms with Crippen molar-refractivity contribution >= 4 is 23.6 Å². The Hall–Kier alpha value is -3.00. The molecule has 1 aliphatic rings. The second kappa shape index (κ2) is 11.2. The van der Waals surface area contributed by atoms with Crippen molar-refractivity contribution in [2.45, 2.75) is 56.7 Å². The quantitative estimate of drug-likeness (QED) is 0.389. The molecule has 8 heteroatoms. The van der Waals surface area contributed by atoms with Crippen LogP contribution >= 0.6 is 11.6 Å². The molecule has 0 amide bonds. The van der Waals surface area contributed by atoms with Crippen molar-refractivity contribution in [3.63, 3.8) is 0 Å². The van der Waals surface area contributed by atoms with E-state index < -0.39 is 24.6 Å². The zero-order valence-corrected chi connectivity index (χ0v) is 19.9.